The third kappa shape index (κ3) is 3.76. The molecule has 0 aromatic heterocycles. The van der Waals surface area contributed by atoms with Crippen molar-refractivity contribution in [1.29, 1.82) is 0 Å². The van der Waals surface area contributed by atoms with Crippen LogP contribution < -0.4 is 10.5 Å². The normalized spacial score (nSPS) is 16.6. The topological polar surface area (TPSA) is 69.4 Å². The molecule has 0 heterocycles. The number of aryl methyl sites for hydroxylation is 2. The van der Waals surface area contributed by atoms with Crippen molar-refractivity contribution in [2.45, 2.75) is 32.7 Å². The number of benzene rings is 2. The number of hydrogen-bond acceptors (Lipinski definition) is 4. The Morgan fingerprint density at radius 2 is 1.88 bits per heavy atom. The van der Waals surface area contributed by atoms with Crippen molar-refractivity contribution < 1.29 is 17.5 Å². The van der Waals surface area contributed by atoms with Crippen LogP contribution in [0.3, 0.4) is 0 Å². The van der Waals surface area contributed by atoms with Crippen LogP contribution in [-0.2, 0) is 16.3 Å². The van der Waals surface area contributed by atoms with Gasteiger partial charge >= 0.3 is 0 Å². The van der Waals surface area contributed by atoms with E-state index >= 15 is 0 Å². The maximum Gasteiger partial charge on any atom is 0.150 e. The van der Waals surface area contributed by atoms with Crippen LogP contribution in [0.15, 0.2) is 24.3 Å². The molecule has 2 aromatic carbocycles. The molecule has 3 rings (SSSR count). The molecule has 0 radical (unpaired) electrons. The fourth-order valence-electron chi connectivity index (χ4n) is 3.73. The minimum Gasteiger partial charge on any atom is -0.493 e. The van der Waals surface area contributed by atoms with Crippen LogP contribution in [0.1, 0.15) is 34.7 Å². The van der Waals surface area contributed by atoms with Crippen LogP contribution in [0.2, 0.25) is 0 Å². The van der Waals surface area contributed by atoms with Gasteiger partial charge in [0.15, 0.2) is 9.84 Å². The first-order valence-corrected chi connectivity index (χ1v) is 10.7. The highest BCUT2D eigenvalue weighted by molar-refractivity contribution is 7.90. The van der Waals surface area contributed by atoms with E-state index in [1.54, 1.807) is 0 Å². The van der Waals surface area contributed by atoms with Gasteiger partial charge in [0.2, 0.25) is 0 Å². The summed E-state index contributed by atoms with van der Waals surface area (Å²) >= 11 is 0. The molecule has 4 nitrogen and oxygen atoms in total. The molecule has 6 heteroatoms. The number of halogens is 1. The molecule has 2 N–H and O–H groups in total. The van der Waals surface area contributed by atoms with Crippen LogP contribution in [0, 0.1) is 19.7 Å². The summed E-state index contributed by atoms with van der Waals surface area (Å²) < 4.78 is 42.3. The van der Waals surface area contributed by atoms with Gasteiger partial charge < -0.3 is 10.5 Å². The fourth-order valence-corrected chi connectivity index (χ4v) is 4.11. The van der Waals surface area contributed by atoms with Gasteiger partial charge in [-0.05, 0) is 72.7 Å². The van der Waals surface area contributed by atoms with Gasteiger partial charge in [0.1, 0.15) is 18.2 Å². The summed E-state index contributed by atoms with van der Waals surface area (Å²) in [6, 6.07) is 6.87. The SMILES string of the molecule is Cc1cc(OCCS(C)(=O)=O)cc(C)c1-c1ccc(F)c2c1CC[C@H]2N. The number of fused-ring (bicyclic) bond motifs is 1. The van der Waals surface area contributed by atoms with E-state index in [2.05, 4.69) is 0 Å². The third-order valence-corrected chi connectivity index (χ3v) is 5.79. The average molecular weight is 377 g/mol. The summed E-state index contributed by atoms with van der Waals surface area (Å²) in [4.78, 5) is 0. The van der Waals surface area contributed by atoms with Crippen LogP contribution in [-0.4, -0.2) is 27.0 Å². The van der Waals surface area contributed by atoms with Crippen molar-refractivity contribution in [1.82, 2.24) is 0 Å². The van der Waals surface area contributed by atoms with Gasteiger partial charge in [-0.1, -0.05) is 6.07 Å². The lowest BCUT2D eigenvalue weighted by Crippen LogP contribution is -2.12. The summed E-state index contributed by atoms with van der Waals surface area (Å²) in [5, 5.41) is 0. The van der Waals surface area contributed by atoms with Gasteiger partial charge in [0.05, 0.1) is 5.75 Å². The smallest absolute Gasteiger partial charge is 0.150 e. The largest absolute Gasteiger partial charge is 0.493 e. The Morgan fingerprint density at radius 1 is 1.23 bits per heavy atom. The van der Waals surface area contributed by atoms with Crippen LogP contribution >= 0.6 is 0 Å². The molecule has 0 fully saturated rings. The minimum atomic E-state index is -3.05. The second-order valence-electron chi connectivity index (χ2n) is 7.04. The Labute approximate surface area is 154 Å². The highest BCUT2D eigenvalue weighted by Gasteiger charge is 2.26. The summed E-state index contributed by atoms with van der Waals surface area (Å²) in [5.74, 6) is 0.392. The van der Waals surface area contributed by atoms with Crippen LogP contribution in [0.5, 0.6) is 5.75 Å². The quantitative estimate of drug-likeness (QED) is 0.866. The van der Waals surface area contributed by atoms with E-state index in [1.807, 2.05) is 32.0 Å². The number of rotatable bonds is 5. The maximum absolute atomic E-state index is 14.2. The van der Waals surface area contributed by atoms with E-state index in [0.717, 1.165) is 40.7 Å². The lowest BCUT2D eigenvalue weighted by Gasteiger charge is -2.17. The average Bonchev–Trinajstić information content (AvgIpc) is 2.90. The zero-order valence-electron chi connectivity index (χ0n) is 15.3. The van der Waals surface area contributed by atoms with Crippen LogP contribution in [0.4, 0.5) is 4.39 Å². The van der Waals surface area contributed by atoms with Crippen molar-refractivity contribution >= 4 is 9.84 Å². The lowest BCUT2D eigenvalue weighted by molar-refractivity contribution is 0.340. The summed E-state index contributed by atoms with van der Waals surface area (Å²) in [6.07, 6.45) is 2.72. The molecule has 0 aliphatic heterocycles. The summed E-state index contributed by atoms with van der Waals surface area (Å²) in [7, 11) is -3.05. The van der Waals surface area contributed by atoms with Gasteiger partial charge in [-0.3, -0.25) is 0 Å². The molecule has 0 unspecified atom stereocenters. The number of nitrogens with two attached hydrogens (primary N) is 1. The Hall–Kier alpha value is -1.92. The number of ether oxygens (including phenoxy) is 1. The van der Waals surface area contributed by atoms with E-state index in [1.165, 1.54) is 12.3 Å². The van der Waals surface area contributed by atoms with Crippen molar-refractivity contribution in [3.63, 3.8) is 0 Å². The van der Waals surface area contributed by atoms with Gasteiger partial charge in [0, 0.05) is 17.9 Å². The van der Waals surface area contributed by atoms with Gasteiger partial charge in [-0.2, -0.15) is 0 Å². The maximum atomic E-state index is 14.2. The fraction of sp³-hybridized carbons (Fsp3) is 0.400. The predicted molar refractivity (Wildman–Crippen MR) is 102 cm³/mol. The zero-order chi connectivity index (χ0) is 19.1. The Kier molecular flexibility index (Phi) is 5.08. The van der Waals surface area contributed by atoms with Gasteiger partial charge in [0.25, 0.3) is 0 Å². The number of hydrogen-bond donors (Lipinski definition) is 1. The first-order valence-electron chi connectivity index (χ1n) is 8.66. The molecular formula is C20H24FNO3S. The molecule has 0 amide bonds. The van der Waals surface area contributed by atoms with Gasteiger partial charge in [-0.25, -0.2) is 12.8 Å². The van der Waals surface area contributed by atoms with E-state index in [-0.39, 0.29) is 24.2 Å². The molecule has 26 heavy (non-hydrogen) atoms. The second-order valence-corrected chi connectivity index (χ2v) is 9.30. The molecular weight excluding hydrogens is 353 g/mol. The van der Waals surface area contributed by atoms with Crippen LogP contribution in [0.25, 0.3) is 11.1 Å². The zero-order valence-corrected chi connectivity index (χ0v) is 16.1. The third-order valence-electron chi connectivity index (χ3n) is 4.88. The highest BCUT2D eigenvalue weighted by Crippen LogP contribution is 2.41. The Bertz CT molecular complexity index is 931. The minimum absolute atomic E-state index is 0.0177. The molecule has 140 valence electrons. The molecule has 1 aliphatic rings. The molecule has 0 spiro atoms. The molecule has 1 aliphatic carbocycles. The molecule has 2 aromatic rings. The van der Waals surface area contributed by atoms with E-state index < -0.39 is 9.84 Å². The Balaban J connectivity index is 1.96. The molecule has 0 bridgehead atoms. The Morgan fingerprint density at radius 3 is 2.50 bits per heavy atom. The van der Waals surface area contributed by atoms with E-state index in [9.17, 15) is 12.8 Å². The molecule has 1 atom stereocenters. The van der Waals surface area contributed by atoms with E-state index in [0.29, 0.717) is 11.3 Å². The van der Waals surface area contributed by atoms with Crippen molar-refractivity contribution in [3.05, 3.63) is 52.3 Å². The highest BCUT2D eigenvalue weighted by atomic mass is 32.2. The number of sulfone groups is 1. The standard InChI is InChI=1S/C20H24FNO3S/c1-12-10-14(25-8-9-26(3,23)24)11-13(2)19(12)15-4-6-17(21)20-16(15)5-7-18(20)22/h4,6,10-11,18H,5,7-9,22H2,1-3H3/t18-/m1/s1. The summed E-state index contributed by atoms with van der Waals surface area (Å²) in [5.41, 5.74) is 11.8. The lowest BCUT2D eigenvalue weighted by atomic mass is 9.90. The first kappa shape index (κ1) is 18.9. The van der Waals surface area contributed by atoms with Crippen molar-refractivity contribution in [3.8, 4) is 16.9 Å². The first-order chi connectivity index (χ1) is 12.2. The summed E-state index contributed by atoms with van der Waals surface area (Å²) in [6.45, 7) is 4.09. The van der Waals surface area contributed by atoms with Gasteiger partial charge in [-0.15, -0.1) is 0 Å². The second kappa shape index (κ2) is 7.00. The molecule has 0 saturated carbocycles. The monoisotopic (exact) mass is 377 g/mol. The molecule has 0 saturated heterocycles. The van der Waals surface area contributed by atoms with Crippen molar-refractivity contribution in [2.24, 2.45) is 5.73 Å². The van der Waals surface area contributed by atoms with Crippen molar-refractivity contribution in [2.75, 3.05) is 18.6 Å². The predicted octanol–water partition coefficient (Wildman–Crippen LogP) is 3.48. The van der Waals surface area contributed by atoms with E-state index in [4.69, 9.17) is 10.5 Å².